The standard InChI is InChI=1S/C25H26FN5O3.C24H25N5O2.C23H22FN5O2.C23H23N5O3/c1-16(2)28-10-12-29(13-11-28)25(33)30-15-21-23(20-14-17(26)4-9-22(20)30)27-31(24(21)32)18-5-7-19(34-3)8-6-18;1-2-12-26-13-15-27(16-14-26)24(31)28-17-20-22(19-10-6-7-11-21(19)28)25-29(23(20)30)18-8-4-3-5-9-18;1-15-12-20-17(13-19(15)24)21-18(22(30)29(25-21)16-6-4-3-5-7-16)14-28(20)23(31)27-10-8-26(2)9-11-27;1-25-10-12-26(13-11-25)23(30)27-15-19-21(18-14-17(31-2)8-9-20(18)27)24-28(22(19)29)16-6-4-3-5-7-16/h4-9,14-16H,10-13H2,1-3H3;3-11,17H,2,12-16H2,1H3;3-7,12-14H,8-11H2,1-2H3;3-9,14-15H,10-13H2,1-2H3. The number of rotatable bonds is 9. The van der Waals surface area contributed by atoms with E-state index >= 15 is 0 Å². The molecule has 0 radical (unpaired) electrons. The van der Waals surface area contributed by atoms with Gasteiger partial charge in [-0.05, 0) is 169 Å². The first-order chi connectivity index (χ1) is 61.5. The van der Waals surface area contributed by atoms with Crippen LogP contribution in [0, 0.1) is 18.6 Å². The Morgan fingerprint density at radius 3 is 1.12 bits per heavy atom. The average Bonchev–Trinajstić information content (AvgIpc) is 1.64. The van der Waals surface area contributed by atoms with Crippen molar-refractivity contribution in [3.63, 3.8) is 0 Å². The van der Waals surface area contributed by atoms with Gasteiger partial charge in [0.1, 0.15) is 45.9 Å². The highest BCUT2D eigenvalue weighted by molar-refractivity contribution is 6.03. The number of hydrogen-bond acceptors (Lipinski definition) is 18. The molecule has 12 heterocycles. The van der Waals surface area contributed by atoms with Crippen LogP contribution in [-0.2, 0) is 0 Å². The summed E-state index contributed by atoms with van der Waals surface area (Å²) in [6, 6.07) is 54.6. The summed E-state index contributed by atoms with van der Waals surface area (Å²) >= 11 is 0. The molecule has 20 rings (SSSR count). The number of carbonyl (C=O) groups is 4. The second kappa shape index (κ2) is 36.1. The average molecular weight is 1720 g/mol. The maximum atomic E-state index is 14.5. The van der Waals surface area contributed by atoms with Crippen LogP contribution >= 0.6 is 0 Å². The molecular formula is C95H96F2N20O10. The minimum absolute atomic E-state index is 0.0962. The Hall–Kier alpha value is -14.3. The van der Waals surface area contributed by atoms with E-state index in [9.17, 15) is 47.1 Å². The van der Waals surface area contributed by atoms with Crippen LogP contribution in [0.1, 0.15) is 32.8 Å². The lowest BCUT2D eigenvalue weighted by Gasteiger charge is -2.37. The van der Waals surface area contributed by atoms with Crippen molar-refractivity contribution in [1.29, 1.82) is 0 Å². The molecule has 4 fully saturated rings. The van der Waals surface area contributed by atoms with E-state index in [0.717, 1.165) is 76.2 Å². The Morgan fingerprint density at radius 2 is 0.709 bits per heavy atom. The fourth-order valence-corrected chi connectivity index (χ4v) is 16.9. The third-order valence-corrected chi connectivity index (χ3v) is 24.1. The number of methoxy groups -OCH3 is 2. The zero-order valence-corrected chi connectivity index (χ0v) is 71.8. The molecule has 0 aromatic heterocycles. The van der Waals surface area contributed by atoms with Crippen LogP contribution in [0.5, 0.6) is 11.5 Å². The number of pyridine rings is 4. The number of amides is 4. The Kier molecular flexibility index (Phi) is 24.1. The molecule has 12 aliphatic heterocycles. The lowest BCUT2D eigenvalue weighted by atomic mass is 10.1. The molecule has 32 heteroatoms. The van der Waals surface area contributed by atoms with Crippen molar-refractivity contribution in [2.45, 2.75) is 40.2 Å². The van der Waals surface area contributed by atoms with Crippen molar-refractivity contribution in [3.05, 3.63) is 271 Å². The van der Waals surface area contributed by atoms with Gasteiger partial charge >= 0.3 is 24.1 Å². The number of carbonyl (C=O) groups excluding carboxylic acids is 4. The van der Waals surface area contributed by atoms with Crippen molar-refractivity contribution in [2.24, 2.45) is 0 Å². The molecule has 30 nitrogen and oxygen atoms in total. The highest BCUT2D eigenvalue weighted by atomic mass is 19.1. The smallest absolute Gasteiger partial charge is 0.328 e. The predicted molar refractivity (Wildman–Crippen MR) is 483 cm³/mol. The third-order valence-electron chi connectivity index (χ3n) is 24.1. The van der Waals surface area contributed by atoms with E-state index in [2.05, 4.69) is 60.8 Å². The number of aromatic nitrogens is 12. The number of hydrogen-bond donors (Lipinski definition) is 0. The van der Waals surface area contributed by atoms with Gasteiger partial charge in [0.05, 0.1) is 81.3 Å². The number of likely N-dealkylation sites (N-methyl/N-ethyl adjacent to an activating group) is 2. The lowest BCUT2D eigenvalue weighted by Crippen LogP contribution is -2.51. The summed E-state index contributed by atoms with van der Waals surface area (Å²) in [5, 5.41) is 20.6. The molecule has 0 atom stereocenters. The van der Waals surface area contributed by atoms with E-state index in [0.29, 0.717) is 165 Å². The molecule has 127 heavy (non-hydrogen) atoms. The summed E-state index contributed by atoms with van der Waals surface area (Å²) in [6.07, 6.45) is 7.47. The summed E-state index contributed by atoms with van der Waals surface area (Å²) in [7, 11) is 7.22. The zero-order valence-electron chi connectivity index (χ0n) is 71.8. The molecule has 0 bridgehead atoms. The molecule has 0 unspecified atom stereocenters. The molecular weight excluding hydrogens is 1620 g/mol. The van der Waals surface area contributed by atoms with E-state index in [4.69, 9.17) is 9.47 Å². The largest absolute Gasteiger partial charge is 0.497 e. The van der Waals surface area contributed by atoms with Gasteiger partial charge in [-0.3, -0.25) is 47.2 Å². The topological polar surface area (TPSA) is 272 Å². The number of nitrogens with zero attached hydrogens (tertiary/aromatic N) is 20. The van der Waals surface area contributed by atoms with Gasteiger partial charge in [0, 0.05) is 157 Å². The Labute approximate surface area is 728 Å². The van der Waals surface area contributed by atoms with Crippen LogP contribution in [0.2, 0.25) is 0 Å². The van der Waals surface area contributed by atoms with Crippen LogP contribution in [-0.4, -0.2) is 266 Å². The van der Waals surface area contributed by atoms with E-state index in [1.54, 1.807) is 107 Å². The second-order valence-corrected chi connectivity index (χ2v) is 32.5. The van der Waals surface area contributed by atoms with Crippen molar-refractivity contribution in [3.8, 4) is 79.3 Å². The molecule has 4 amide bonds. The van der Waals surface area contributed by atoms with Crippen LogP contribution < -0.4 is 31.7 Å². The molecule has 8 aromatic carbocycles. The fourth-order valence-electron chi connectivity index (χ4n) is 16.9. The molecule has 4 saturated heterocycles. The molecule has 0 N–H and O–H groups in total. The summed E-state index contributed by atoms with van der Waals surface area (Å²) in [5.74, 6) is 0.429. The van der Waals surface area contributed by atoms with E-state index < -0.39 is 11.6 Å². The highest BCUT2D eigenvalue weighted by Crippen LogP contribution is 2.36. The number of aryl methyl sites for hydroxylation is 1. The predicted octanol–water partition coefficient (Wildman–Crippen LogP) is 12.2. The normalized spacial score (nSPS) is 15.0. The highest BCUT2D eigenvalue weighted by Gasteiger charge is 2.34. The quantitative estimate of drug-likeness (QED) is 0.130. The van der Waals surface area contributed by atoms with Crippen LogP contribution in [0.25, 0.3) is 111 Å². The van der Waals surface area contributed by atoms with E-state index in [1.807, 2.05) is 145 Å². The minimum atomic E-state index is -0.462. The van der Waals surface area contributed by atoms with Crippen LogP contribution in [0.3, 0.4) is 0 Å². The molecule has 8 aromatic rings. The van der Waals surface area contributed by atoms with Gasteiger partial charge in [0.2, 0.25) is 0 Å². The molecule has 0 spiro atoms. The van der Waals surface area contributed by atoms with Gasteiger partial charge < -0.3 is 38.9 Å². The van der Waals surface area contributed by atoms with Gasteiger partial charge in [-0.1, -0.05) is 79.7 Å². The van der Waals surface area contributed by atoms with Crippen molar-refractivity contribution < 1.29 is 37.4 Å². The van der Waals surface area contributed by atoms with Gasteiger partial charge in [-0.25, -0.2) is 28.0 Å². The summed E-state index contributed by atoms with van der Waals surface area (Å²) in [5.41, 5.74) is 7.52. The summed E-state index contributed by atoms with van der Waals surface area (Å²) < 4.78 is 50.8. The van der Waals surface area contributed by atoms with Gasteiger partial charge in [-0.2, -0.15) is 39.1 Å². The number of para-hydroxylation sites is 4. The number of piperazine rings is 4. The Bertz CT molecular complexity index is 6890. The number of fused-ring (bicyclic) bond motifs is 12. The monoisotopic (exact) mass is 1710 g/mol. The number of benzene rings is 8. The number of ether oxygens (including phenoxy) is 2. The maximum absolute atomic E-state index is 14.5. The number of halogens is 2. The minimum Gasteiger partial charge on any atom is -0.497 e. The third kappa shape index (κ3) is 16.7. The Balaban J connectivity index is 0.000000119. The fraction of sp³-hybridized carbons (Fsp3) is 0.284. The van der Waals surface area contributed by atoms with Gasteiger partial charge in [-0.15, -0.1) is 0 Å². The first-order valence-electron chi connectivity index (χ1n) is 42.5. The van der Waals surface area contributed by atoms with Crippen molar-refractivity contribution in [1.82, 2.24) is 96.6 Å². The molecule has 0 aliphatic carbocycles. The zero-order chi connectivity index (χ0) is 88.6. The van der Waals surface area contributed by atoms with Crippen molar-refractivity contribution >= 4 is 67.7 Å². The van der Waals surface area contributed by atoms with E-state index in [1.165, 1.54) is 52.3 Å². The van der Waals surface area contributed by atoms with Crippen LogP contribution in [0.15, 0.2) is 232 Å². The van der Waals surface area contributed by atoms with Crippen molar-refractivity contribution in [2.75, 3.05) is 140 Å². The van der Waals surface area contributed by atoms with Crippen LogP contribution in [0.4, 0.5) is 28.0 Å². The van der Waals surface area contributed by atoms with E-state index in [-0.39, 0.29) is 57.5 Å². The summed E-state index contributed by atoms with van der Waals surface area (Å²) in [6.45, 7) is 20.7. The van der Waals surface area contributed by atoms with Gasteiger partial charge in [0.25, 0.3) is 22.2 Å². The first kappa shape index (κ1) is 84.9. The molecule has 0 saturated carbocycles. The van der Waals surface area contributed by atoms with Gasteiger partial charge in [0.15, 0.2) is 0 Å². The maximum Gasteiger partial charge on any atom is 0.328 e. The second-order valence-electron chi connectivity index (χ2n) is 32.5. The molecule has 650 valence electrons. The Morgan fingerprint density at radius 1 is 0.370 bits per heavy atom. The summed E-state index contributed by atoms with van der Waals surface area (Å²) in [4.78, 5) is 123. The first-order valence-corrected chi connectivity index (χ1v) is 42.5. The lowest BCUT2D eigenvalue weighted by molar-refractivity contribution is 0.120. The SMILES string of the molecule is CCCN1CCN(C(=O)n2cc3c(=O)n(-c4ccccc4)nc-3c3ccccc32)CC1.COc1ccc(-n2nc3c4cc(F)ccc4n(C(=O)N4CCN(C(C)C)CC4)cc-3c2=O)cc1.COc1ccc2c(c1)c1nn(-c3ccccc3)c(=O)c-1cn2C(=O)N1CCN(C)CC1.Cc1cc2c(cc1F)c1nn(-c3ccccc3)c(=O)c-1cn2C(=O)N1CCN(C)CC1. The molecule has 12 aliphatic rings.